The van der Waals surface area contributed by atoms with Crippen LogP contribution >= 0.6 is 11.3 Å². The highest BCUT2D eigenvalue weighted by molar-refractivity contribution is 7.17. The Balaban J connectivity index is 2.21. The van der Waals surface area contributed by atoms with Gasteiger partial charge in [-0.2, -0.15) is 0 Å². The Bertz CT molecular complexity index is 810. The lowest BCUT2D eigenvalue weighted by Crippen LogP contribution is -2.16. The zero-order valence-corrected chi connectivity index (χ0v) is 13.3. The van der Waals surface area contributed by atoms with E-state index in [9.17, 15) is 0 Å². The monoisotopic (exact) mass is 280 g/mol. The van der Waals surface area contributed by atoms with Crippen molar-refractivity contribution in [2.24, 2.45) is 0 Å². The molecular formula is C17H16SSi. The summed E-state index contributed by atoms with van der Waals surface area (Å²) >= 11 is 1.79. The van der Waals surface area contributed by atoms with Crippen LogP contribution in [0.4, 0.5) is 0 Å². The zero-order chi connectivity index (χ0) is 13.5. The van der Waals surface area contributed by atoms with Gasteiger partial charge in [0.05, 0.1) is 0 Å². The number of thiophene rings is 1. The van der Waals surface area contributed by atoms with Crippen molar-refractivity contribution in [3.8, 4) is 11.5 Å². The lowest BCUT2D eigenvalue weighted by molar-refractivity contribution is 1.79. The summed E-state index contributed by atoms with van der Waals surface area (Å²) in [7, 11) is -1.31. The van der Waals surface area contributed by atoms with Crippen LogP contribution in [0.5, 0.6) is 0 Å². The molecule has 0 radical (unpaired) electrons. The van der Waals surface area contributed by atoms with E-state index in [2.05, 4.69) is 72.9 Å². The molecule has 0 spiro atoms. The Morgan fingerprint density at radius 3 is 2.37 bits per heavy atom. The van der Waals surface area contributed by atoms with Gasteiger partial charge < -0.3 is 0 Å². The summed E-state index contributed by atoms with van der Waals surface area (Å²) in [6, 6.07) is 13.1. The van der Waals surface area contributed by atoms with Crippen LogP contribution in [0.15, 0.2) is 41.8 Å². The summed E-state index contributed by atoms with van der Waals surface area (Å²) in [6.07, 6.45) is 0. The van der Waals surface area contributed by atoms with Gasteiger partial charge in [0, 0.05) is 21.0 Å². The van der Waals surface area contributed by atoms with Gasteiger partial charge in [-0.25, -0.2) is 0 Å². The first kappa shape index (κ1) is 12.5. The third kappa shape index (κ3) is 2.58. The summed E-state index contributed by atoms with van der Waals surface area (Å²) < 4.78 is 1.33. The van der Waals surface area contributed by atoms with E-state index < -0.39 is 8.07 Å². The number of rotatable bonds is 0. The Morgan fingerprint density at radius 1 is 1.00 bits per heavy atom. The molecule has 0 saturated carbocycles. The molecule has 0 aliphatic carbocycles. The van der Waals surface area contributed by atoms with Crippen LogP contribution in [0.1, 0.15) is 5.56 Å². The van der Waals surface area contributed by atoms with Crippen molar-refractivity contribution >= 4 is 40.3 Å². The molecule has 3 aromatic rings. The van der Waals surface area contributed by atoms with E-state index in [1.807, 2.05) is 0 Å². The third-order valence-electron chi connectivity index (χ3n) is 3.01. The first-order chi connectivity index (χ1) is 9.03. The quantitative estimate of drug-likeness (QED) is 0.388. The first-order valence-corrected chi connectivity index (χ1v) is 10.8. The lowest BCUT2D eigenvalue weighted by atomic mass is 10.1. The Hall–Kier alpha value is -1.56. The molecule has 94 valence electrons. The van der Waals surface area contributed by atoms with Gasteiger partial charge in [0.1, 0.15) is 8.07 Å². The van der Waals surface area contributed by atoms with E-state index in [0.29, 0.717) is 0 Å². The van der Waals surface area contributed by atoms with Crippen LogP contribution in [0.25, 0.3) is 20.9 Å². The molecule has 1 heterocycles. The smallest absolute Gasteiger partial charge is 0.129 e. The molecule has 0 N–H and O–H groups in total. The fourth-order valence-corrected chi connectivity index (χ4v) is 3.50. The van der Waals surface area contributed by atoms with Crippen molar-refractivity contribution in [1.82, 2.24) is 0 Å². The van der Waals surface area contributed by atoms with Gasteiger partial charge in [0.25, 0.3) is 0 Å². The van der Waals surface area contributed by atoms with Crippen LogP contribution in [-0.4, -0.2) is 8.07 Å². The molecule has 1 aromatic heterocycles. The van der Waals surface area contributed by atoms with Crippen molar-refractivity contribution < 1.29 is 0 Å². The minimum atomic E-state index is -1.31. The van der Waals surface area contributed by atoms with Crippen LogP contribution < -0.4 is 0 Å². The Morgan fingerprint density at radius 2 is 1.68 bits per heavy atom. The van der Waals surface area contributed by atoms with Crippen molar-refractivity contribution in [2.45, 2.75) is 19.6 Å². The number of benzene rings is 2. The second-order valence-corrected chi connectivity index (χ2v) is 11.5. The maximum atomic E-state index is 3.46. The van der Waals surface area contributed by atoms with E-state index in [1.165, 1.54) is 26.4 Å². The predicted molar refractivity (Wildman–Crippen MR) is 89.6 cm³/mol. The molecule has 0 fully saturated rings. The third-order valence-corrected chi connectivity index (χ3v) is 4.83. The normalized spacial score (nSPS) is 11.5. The van der Waals surface area contributed by atoms with Crippen LogP contribution in [0.2, 0.25) is 19.6 Å². The summed E-state index contributed by atoms with van der Waals surface area (Å²) in [6.45, 7) is 6.85. The molecular weight excluding hydrogens is 264 g/mol. The maximum absolute atomic E-state index is 3.46. The molecule has 19 heavy (non-hydrogen) atoms. The van der Waals surface area contributed by atoms with Gasteiger partial charge in [-0.1, -0.05) is 49.8 Å². The number of hydrogen-bond acceptors (Lipinski definition) is 1. The summed E-state index contributed by atoms with van der Waals surface area (Å²) in [5.74, 6) is 3.39. The highest BCUT2D eigenvalue weighted by Crippen LogP contribution is 2.30. The van der Waals surface area contributed by atoms with Gasteiger partial charge in [-0.3, -0.25) is 0 Å². The molecule has 0 amide bonds. The molecule has 2 aromatic carbocycles. The molecule has 0 aliphatic heterocycles. The van der Waals surface area contributed by atoms with Gasteiger partial charge >= 0.3 is 0 Å². The van der Waals surface area contributed by atoms with Crippen LogP contribution in [0.3, 0.4) is 0 Å². The molecule has 3 rings (SSSR count). The summed E-state index contributed by atoms with van der Waals surface area (Å²) in [4.78, 5) is 0. The van der Waals surface area contributed by atoms with Crippen molar-refractivity contribution in [1.29, 1.82) is 0 Å². The minimum absolute atomic E-state index is 1.19. The van der Waals surface area contributed by atoms with Crippen molar-refractivity contribution in [2.75, 3.05) is 0 Å². The molecule has 2 heteroatoms. The van der Waals surface area contributed by atoms with E-state index in [-0.39, 0.29) is 0 Å². The Kier molecular flexibility index (Phi) is 2.97. The average Bonchev–Trinajstić information content (AvgIpc) is 2.75. The van der Waals surface area contributed by atoms with Crippen LogP contribution in [-0.2, 0) is 0 Å². The van der Waals surface area contributed by atoms with Gasteiger partial charge in [-0.05, 0) is 22.9 Å². The fraction of sp³-hybridized carbons (Fsp3) is 0.176. The lowest BCUT2D eigenvalue weighted by Gasteiger charge is -2.03. The van der Waals surface area contributed by atoms with E-state index >= 15 is 0 Å². The molecule has 0 unspecified atom stereocenters. The van der Waals surface area contributed by atoms with Crippen molar-refractivity contribution in [3.63, 3.8) is 0 Å². The van der Waals surface area contributed by atoms with E-state index in [4.69, 9.17) is 0 Å². The maximum Gasteiger partial charge on any atom is 0.129 e. The summed E-state index contributed by atoms with van der Waals surface area (Å²) in [5.41, 5.74) is 4.65. The number of hydrogen-bond donors (Lipinski definition) is 0. The molecule has 0 aliphatic rings. The average molecular weight is 280 g/mol. The predicted octanol–water partition coefficient (Wildman–Crippen LogP) is 5.28. The standard InChI is InChI=1S/C17H16SSi/c1-19(2,3)9-8-15-12-18-17-11-14-7-5-4-6-13(14)10-16(15)17/h4-7,10-12H,1-3H3. The summed E-state index contributed by atoms with van der Waals surface area (Å²) in [5, 5.41) is 6.09. The largest absolute Gasteiger partial charge is 0.142 e. The highest BCUT2D eigenvalue weighted by Gasteiger charge is 2.09. The highest BCUT2D eigenvalue weighted by atomic mass is 32.1. The van der Waals surface area contributed by atoms with Gasteiger partial charge in [0.2, 0.25) is 0 Å². The van der Waals surface area contributed by atoms with Crippen LogP contribution in [0, 0.1) is 11.5 Å². The molecule has 0 bridgehead atoms. The SMILES string of the molecule is C[Si](C)(C)C#Cc1csc2cc3ccccc3cc12. The van der Waals surface area contributed by atoms with E-state index in [1.54, 1.807) is 11.3 Å². The minimum Gasteiger partial charge on any atom is -0.142 e. The topological polar surface area (TPSA) is 0 Å². The van der Waals surface area contributed by atoms with Crippen molar-refractivity contribution in [3.05, 3.63) is 47.3 Å². The molecule has 0 nitrogen and oxygen atoms in total. The second-order valence-electron chi connectivity index (χ2n) is 5.84. The zero-order valence-electron chi connectivity index (χ0n) is 11.4. The fourth-order valence-electron chi connectivity index (χ4n) is 2.06. The van der Waals surface area contributed by atoms with E-state index in [0.717, 1.165) is 0 Å². The number of fused-ring (bicyclic) bond motifs is 2. The second kappa shape index (κ2) is 4.52. The molecule has 0 atom stereocenters. The molecule has 0 saturated heterocycles. The van der Waals surface area contributed by atoms with Gasteiger partial charge in [0.15, 0.2) is 0 Å². The first-order valence-electron chi connectivity index (χ1n) is 6.46. The van der Waals surface area contributed by atoms with Gasteiger partial charge in [-0.15, -0.1) is 16.9 Å². The Labute approximate surface area is 119 Å².